The van der Waals surface area contributed by atoms with Crippen molar-refractivity contribution in [2.45, 2.75) is 4.90 Å². The molecule has 0 amide bonds. The van der Waals surface area contributed by atoms with Gasteiger partial charge in [0.25, 0.3) is 0 Å². The first-order chi connectivity index (χ1) is 8.95. The van der Waals surface area contributed by atoms with E-state index in [1.807, 2.05) is 0 Å². The molecule has 1 aromatic rings. The molecular formula is C11H16BrNO5S. The first-order valence-corrected chi connectivity index (χ1v) is 7.81. The summed E-state index contributed by atoms with van der Waals surface area (Å²) in [5, 5.41) is 5.02. The Bertz CT molecular complexity index is 506. The summed E-state index contributed by atoms with van der Waals surface area (Å²) in [5.41, 5.74) is 0. The summed E-state index contributed by atoms with van der Waals surface area (Å²) in [4.78, 5) is 0.0306. The van der Waals surface area contributed by atoms with E-state index in [9.17, 15) is 8.42 Å². The highest BCUT2D eigenvalue weighted by Crippen LogP contribution is 2.27. The second-order valence-corrected chi connectivity index (χ2v) is 6.01. The number of primary sulfonamides is 1. The van der Waals surface area contributed by atoms with Crippen molar-refractivity contribution in [3.05, 3.63) is 22.7 Å². The van der Waals surface area contributed by atoms with E-state index in [0.717, 1.165) is 0 Å². The molecule has 0 radical (unpaired) electrons. The third-order valence-corrected chi connectivity index (χ3v) is 3.68. The van der Waals surface area contributed by atoms with Crippen LogP contribution in [0.15, 0.2) is 27.6 Å². The highest BCUT2D eigenvalue weighted by atomic mass is 79.9. The molecule has 0 aromatic heterocycles. The molecule has 1 rings (SSSR count). The Hall–Kier alpha value is -0.670. The first-order valence-electron chi connectivity index (χ1n) is 5.47. The zero-order chi connectivity index (χ0) is 14.3. The van der Waals surface area contributed by atoms with Crippen molar-refractivity contribution in [1.82, 2.24) is 0 Å². The minimum absolute atomic E-state index is 0.0306. The maximum absolute atomic E-state index is 11.1. The Morgan fingerprint density at radius 3 is 2.47 bits per heavy atom. The molecule has 0 spiro atoms. The number of nitrogens with two attached hydrogens (primary N) is 1. The first kappa shape index (κ1) is 16.4. The number of ether oxygens (including phenoxy) is 3. The summed E-state index contributed by atoms with van der Waals surface area (Å²) >= 11 is 3.23. The highest BCUT2D eigenvalue weighted by molar-refractivity contribution is 9.10. The normalized spacial score (nSPS) is 11.5. The molecule has 19 heavy (non-hydrogen) atoms. The number of benzene rings is 1. The van der Waals surface area contributed by atoms with Gasteiger partial charge in [0.15, 0.2) is 0 Å². The minimum atomic E-state index is -3.70. The second-order valence-electron chi connectivity index (χ2n) is 3.59. The average Bonchev–Trinajstić information content (AvgIpc) is 2.34. The van der Waals surface area contributed by atoms with Gasteiger partial charge in [-0.3, -0.25) is 0 Å². The number of sulfonamides is 1. The van der Waals surface area contributed by atoms with Gasteiger partial charge < -0.3 is 14.2 Å². The van der Waals surface area contributed by atoms with Crippen LogP contribution in [0.3, 0.4) is 0 Å². The van der Waals surface area contributed by atoms with E-state index in [4.69, 9.17) is 19.3 Å². The molecule has 0 aliphatic carbocycles. The van der Waals surface area contributed by atoms with E-state index < -0.39 is 10.0 Å². The summed E-state index contributed by atoms with van der Waals surface area (Å²) < 4.78 is 38.3. The molecule has 108 valence electrons. The number of hydrogen-bond donors (Lipinski definition) is 1. The van der Waals surface area contributed by atoms with Crippen LogP contribution in [0.25, 0.3) is 0 Å². The second kappa shape index (κ2) is 7.81. The number of rotatable bonds is 8. The van der Waals surface area contributed by atoms with E-state index in [1.54, 1.807) is 13.2 Å². The van der Waals surface area contributed by atoms with Crippen molar-refractivity contribution in [2.75, 3.05) is 33.5 Å². The predicted octanol–water partition coefficient (Wildman–Crippen LogP) is 1.14. The van der Waals surface area contributed by atoms with Gasteiger partial charge in [0.05, 0.1) is 29.2 Å². The van der Waals surface area contributed by atoms with Gasteiger partial charge in [-0.15, -0.1) is 0 Å². The smallest absolute Gasteiger partial charge is 0.238 e. The number of methoxy groups -OCH3 is 1. The SMILES string of the molecule is COCCOCCOc1ccc(S(N)(=O)=O)cc1Br. The molecule has 0 aliphatic heterocycles. The zero-order valence-corrected chi connectivity index (χ0v) is 12.9. The molecule has 2 N–H and O–H groups in total. The van der Waals surface area contributed by atoms with Gasteiger partial charge in [-0.1, -0.05) is 0 Å². The Labute approximate surface area is 121 Å². The lowest BCUT2D eigenvalue weighted by Crippen LogP contribution is -2.13. The summed E-state index contributed by atoms with van der Waals surface area (Å²) in [6.07, 6.45) is 0. The van der Waals surface area contributed by atoms with Crippen LogP contribution in [0.1, 0.15) is 0 Å². The Morgan fingerprint density at radius 1 is 1.21 bits per heavy atom. The molecule has 0 heterocycles. The van der Waals surface area contributed by atoms with Crippen LogP contribution in [0.5, 0.6) is 5.75 Å². The maximum atomic E-state index is 11.1. The summed E-state index contributed by atoms with van der Waals surface area (Å²) in [5.74, 6) is 0.530. The number of halogens is 1. The zero-order valence-electron chi connectivity index (χ0n) is 10.5. The van der Waals surface area contributed by atoms with Gasteiger partial charge >= 0.3 is 0 Å². The van der Waals surface area contributed by atoms with Crippen LogP contribution >= 0.6 is 15.9 Å². The Kier molecular flexibility index (Phi) is 6.73. The van der Waals surface area contributed by atoms with Crippen molar-refractivity contribution in [2.24, 2.45) is 5.14 Å². The monoisotopic (exact) mass is 353 g/mol. The van der Waals surface area contributed by atoms with Crippen LogP contribution in [-0.2, 0) is 19.5 Å². The topological polar surface area (TPSA) is 87.8 Å². The van der Waals surface area contributed by atoms with E-state index in [1.165, 1.54) is 12.1 Å². The Morgan fingerprint density at radius 2 is 1.89 bits per heavy atom. The fraction of sp³-hybridized carbons (Fsp3) is 0.455. The quantitative estimate of drug-likeness (QED) is 0.708. The van der Waals surface area contributed by atoms with Crippen LogP contribution in [0.4, 0.5) is 0 Å². The lowest BCUT2D eigenvalue weighted by atomic mass is 10.3. The molecule has 0 saturated heterocycles. The third kappa shape index (κ3) is 5.87. The van der Waals surface area contributed by atoms with Crippen molar-refractivity contribution in [3.8, 4) is 5.75 Å². The van der Waals surface area contributed by atoms with Gasteiger partial charge in [0.2, 0.25) is 10.0 Å². The molecule has 0 fully saturated rings. The van der Waals surface area contributed by atoms with Gasteiger partial charge in [0, 0.05) is 7.11 Å². The molecule has 1 aromatic carbocycles. The van der Waals surface area contributed by atoms with Gasteiger partial charge in [0.1, 0.15) is 12.4 Å². The largest absolute Gasteiger partial charge is 0.490 e. The fourth-order valence-corrected chi connectivity index (χ4v) is 2.42. The molecular weight excluding hydrogens is 338 g/mol. The lowest BCUT2D eigenvalue weighted by molar-refractivity contribution is 0.0543. The van der Waals surface area contributed by atoms with E-state index in [0.29, 0.717) is 36.6 Å². The highest BCUT2D eigenvalue weighted by Gasteiger charge is 2.10. The van der Waals surface area contributed by atoms with E-state index in [-0.39, 0.29) is 4.90 Å². The summed E-state index contributed by atoms with van der Waals surface area (Å²) in [6, 6.07) is 4.33. The average molecular weight is 354 g/mol. The van der Waals surface area contributed by atoms with Crippen molar-refractivity contribution in [3.63, 3.8) is 0 Å². The molecule has 0 aliphatic rings. The van der Waals surface area contributed by atoms with Crippen molar-refractivity contribution < 1.29 is 22.6 Å². The third-order valence-electron chi connectivity index (χ3n) is 2.15. The predicted molar refractivity (Wildman–Crippen MR) is 73.7 cm³/mol. The maximum Gasteiger partial charge on any atom is 0.238 e. The van der Waals surface area contributed by atoms with E-state index >= 15 is 0 Å². The number of hydrogen-bond acceptors (Lipinski definition) is 5. The molecule has 0 bridgehead atoms. The summed E-state index contributed by atoms with van der Waals surface area (Å²) in [6.45, 7) is 1.82. The Balaban J connectivity index is 2.47. The molecule has 0 saturated carbocycles. The molecule has 8 heteroatoms. The van der Waals surface area contributed by atoms with Gasteiger partial charge in [-0.05, 0) is 34.1 Å². The summed E-state index contributed by atoms with van der Waals surface area (Å²) in [7, 11) is -2.10. The van der Waals surface area contributed by atoms with Crippen LogP contribution < -0.4 is 9.88 Å². The fourth-order valence-electron chi connectivity index (χ4n) is 1.23. The van der Waals surface area contributed by atoms with Crippen molar-refractivity contribution >= 4 is 26.0 Å². The standard InChI is InChI=1S/C11H16BrNO5S/c1-16-4-5-17-6-7-18-11-3-2-9(8-10(11)12)19(13,14)15/h2-3,8H,4-7H2,1H3,(H2,13,14,15). The van der Waals surface area contributed by atoms with Crippen LogP contribution in [0, 0.1) is 0 Å². The van der Waals surface area contributed by atoms with Crippen molar-refractivity contribution in [1.29, 1.82) is 0 Å². The van der Waals surface area contributed by atoms with Gasteiger partial charge in [-0.2, -0.15) is 0 Å². The lowest BCUT2D eigenvalue weighted by Gasteiger charge is -2.09. The van der Waals surface area contributed by atoms with Crippen LogP contribution in [-0.4, -0.2) is 42.0 Å². The molecule has 6 nitrogen and oxygen atoms in total. The van der Waals surface area contributed by atoms with Crippen LogP contribution in [0.2, 0.25) is 0 Å². The van der Waals surface area contributed by atoms with Gasteiger partial charge in [-0.25, -0.2) is 13.6 Å². The molecule has 0 atom stereocenters. The van der Waals surface area contributed by atoms with E-state index in [2.05, 4.69) is 15.9 Å². The minimum Gasteiger partial charge on any atom is -0.490 e. The molecule has 0 unspecified atom stereocenters.